The zero-order chi connectivity index (χ0) is 2.57. The van der Waals surface area contributed by atoms with E-state index in [-0.39, 0.29) is 0 Å². The van der Waals surface area contributed by atoms with Gasteiger partial charge in [0.05, 0.1) is 12.2 Å². The molecular formula is C3H4O. The second kappa shape index (κ2) is 0.179. The molecule has 0 aromatic carbocycles. The third-order valence-corrected chi connectivity index (χ3v) is 0.949. The van der Waals surface area contributed by atoms with Gasteiger partial charge in [-0.3, -0.25) is 0 Å². The standard InChI is InChI=1S/C3H4O/c1-2-3(1)4-2/h2-3H,1H2/t2-,3?/m0/s1. The van der Waals surface area contributed by atoms with Crippen molar-refractivity contribution in [2.75, 3.05) is 0 Å². The number of fused-ring (bicyclic) bond motifs is 1. The van der Waals surface area contributed by atoms with E-state index in [1.54, 1.807) is 0 Å². The van der Waals surface area contributed by atoms with Crippen LogP contribution in [-0.2, 0) is 4.74 Å². The lowest BCUT2D eigenvalue weighted by Gasteiger charge is -1.66. The Bertz CT molecular complexity index is 39.2. The molecule has 2 rings (SSSR count). The van der Waals surface area contributed by atoms with Crippen LogP contribution >= 0.6 is 0 Å². The molecule has 2 aliphatic rings. The van der Waals surface area contributed by atoms with Crippen LogP contribution in [0.5, 0.6) is 0 Å². The van der Waals surface area contributed by atoms with Gasteiger partial charge in [-0.25, -0.2) is 0 Å². The fourth-order valence-electron chi connectivity index (χ4n) is 0.318. The maximum atomic E-state index is 4.81. The average Bonchev–Trinajstić information content (AvgIpc) is 1.36. The molecule has 2 atom stereocenters. The highest BCUT2D eigenvalue weighted by atomic mass is 16.6. The van der Waals surface area contributed by atoms with Gasteiger partial charge < -0.3 is 4.74 Å². The lowest BCUT2D eigenvalue weighted by atomic mass is 10.9. The Kier molecular flexibility index (Phi) is 0.0633. The van der Waals surface area contributed by atoms with Crippen LogP contribution in [0.1, 0.15) is 6.42 Å². The molecule has 0 bridgehead atoms. The second-order valence-corrected chi connectivity index (χ2v) is 1.45. The van der Waals surface area contributed by atoms with Crippen molar-refractivity contribution in [2.45, 2.75) is 18.6 Å². The Hall–Kier alpha value is -0.0400. The van der Waals surface area contributed by atoms with Gasteiger partial charge in [0.1, 0.15) is 0 Å². The molecule has 0 radical (unpaired) electrons. The van der Waals surface area contributed by atoms with Crippen LogP contribution in [0.25, 0.3) is 0 Å². The quantitative estimate of drug-likeness (QED) is 0.360. The Morgan fingerprint density at radius 2 is 1.75 bits per heavy atom. The van der Waals surface area contributed by atoms with E-state index in [0.29, 0.717) is 0 Å². The summed E-state index contributed by atoms with van der Waals surface area (Å²) in [4.78, 5) is 0. The molecule has 1 heterocycles. The van der Waals surface area contributed by atoms with Crippen molar-refractivity contribution >= 4 is 0 Å². The third-order valence-electron chi connectivity index (χ3n) is 0.949. The molecule has 0 amide bonds. The van der Waals surface area contributed by atoms with Gasteiger partial charge in [-0.1, -0.05) is 0 Å². The van der Waals surface area contributed by atoms with Crippen molar-refractivity contribution < 1.29 is 4.74 Å². The number of hydrogen-bond donors (Lipinski definition) is 0. The Morgan fingerprint density at radius 1 is 1.50 bits per heavy atom. The molecule has 4 heavy (non-hydrogen) atoms. The first kappa shape index (κ1) is 1.41. The zero-order valence-corrected chi connectivity index (χ0v) is 2.27. The highest BCUT2D eigenvalue weighted by molar-refractivity contribution is 5.03. The fourth-order valence-corrected chi connectivity index (χ4v) is 0.318. The summed E-state index contributed by atoms with van der Waals surface area (Å²) >= 11 is 0. The van der Waals surface area contributed by atoms with Crippen LogP contribution in [0.15, 0.2) is 0 Å². The molecule has 0 aromatic rings. The molecule has 1 heteroatoms. The van der Waals surface area contributed by atoms with E-state index in [0.717, 1.165) is 12.2 Å². The van der Waals surface area contributed by atoms with Crippen LogP contribution in [0.2, 0.25) is 0 Å². The summed E-state index contributed by atoms with van der Waals surface area (Å²) in [6.07, 6.45) is 2.86. The Balaban J connectivity index is 2.48. The molecule has 1 saturated heterocycles. The first-order valence-electron chi connectivity index (χ1n) is 1.62. The minimum absolute atomic E-state index is 0.750. The maximum Gasteiger partial charge on any atom is 0.0868 e. The minimum atomic E-state index is 0.750. The lowest BCUT2D eigenvalue weighted by molar-refractivity contribution is 0.295. The molecule has 2 fully saturated rings. The van der Waals surface area contributed by atoms with Crippen LogP contribution in [0.4, 0.5) is 0 Å². The smallest absolute Gasteiger partial charge is 0.0868 e. The average molecular weight is 56.1 g/mol. The second-order valence-electron chi connectivity index (χ2n) is 1.45. The van der Waals surface area contributed by atoms with Crippen LogP contribution in [-0.4, -0.2) is 12.2 Å². The Morgan fingerprint density at radius 3 is 1.75 bits per heavy atom. The minimum Gasteiger partial charge on any atom is -0.369 e. The summed E-state index contributed by atoms with van der Waals surface area (Å²) in [6, 6.07) is 0. The molecule has 1 aliphatic carbocycles. The number of rotatable bonds is 0. The number of epoxide rings is 1. The van der Waals surface area contributed by atoms with E-state index in [9.17, 15) is 0 Å². The summed E-state index contributed by atoms with van der Waals surface area (Å²) in [7, 11) is 0. The summed E-state index contributed by atoms with van der Waals surface area (Å²) < 4.78 is 4.81. The van der Waals surface area contributed by atoms with E-state index in [1.807, 2.05) is 0 Å². The van der Waals surface area contributed by atoms with Crippen molar-refractivity contribution in [1.29, 1.82) is 0 Å². The van der Waals surface area contributed by atoms with Crippen LogP contribution in [0, 0.1) is 0 Å². The SMILES string of the molecule is C1C2O[C@@H]12. The summed E-state index contributed by atoms with van der Waals surface area (Å²) in [5.41, 5.74) is 0. The van der Waals surface area contributed by atoms with Gasteiger partial charge in [-0.15, -0.1) is 0 Å². The van der Waals surface area contributed by atoms with Crippen molar-refractivity contribution in [1.82, 2.24) is 0 Å². The van der Waals surface area contributed by atoms with Gasteiger partial charge in [0.15, 0.2) is 0 Å². The van der Waals surface area contributed by atoms with Gasteiger partial charge in [-0.05, 0) is 0 Å². The maximum absolute atomic E-state index is 4.81. The topological polar surface area (TPSA) is 12.5 Å². The molecule has 0 N–H and O–H groups in total. The third kappa shape index (κ3) is 0.0285. The molecule has 22 valence electrons. The van der Waals surface area contributed by atoms with Gasteiger partial charge in [0.25, 0.3) is 0 Å². The van der Waals surface area contributed by atoms with Gasteiger partial charge in [-0.2, -0.15) is 0 Å². The van der Waals surface area contributed by atoms with E-state index in [4.69, 9.17) is 4.74 Å². The molecule has 0 spiro atoms. The fraction of sp³-hybridized carbons (Fsp3) is 1.00. The number of hydrogen-bond acceptors (Lipinski definition) is 1. The zero-order valence-electron chi connectivity index (χ0n) is 2.27. The number of ether oxygens (including phenoxy) is 1. The summed E-state index contributed by atoms with van der Waals surface area (Å²) in [5, 5.41) is 0. The molecular weight excluding hydrogens is 52.0 g/mol. The molecule has 1 unspecified atom stereocenters. The van der Waals surface area contributed by atoms with Crippen LogP contribution < -0.4 is 0 Å². The highest BCUT2D eigenvalue weighted by Gasteiger charge is 2.56. The van der Waals surface area contributed by atoms with Gasteiger partial charge in [0.2, 0.25) is 0 Å². The molecule has 1 saturated carbocycles. The van der Waals surface area contributed by atoms with Crippen LogP contribution in [0.3, 0.4) is 0 Å². The first-order valence-corrected chi connectivity index (χ1v) is 1.62. The predicted molar refractivity (Wildman–Crippen MR) is 13.3 cm³/mol. The van der Waals surface area contributed by atoms with Gasteiger partial charge in [0, 0.05) is 6.42 Å². The monoisotopic (exact) mass is 56.0 g/mol. The lowest BCUT2D eigenvalue weighted by Crippen LogP contribution is -1.62. The molecule has 1 aliphatic heterocycles. The molecule has 0 aromatic heterocycles. The highest BCUT2D eigenvalue weighted by Crippen LogP contribution is 2.45. The van der Waals surface area contributed by atoms with Crippen molar-refractivity contribution in [3.05, 3.63) is 0 Å². The summed E-state index contributed by atoms with van der Waals surface area (Å²) in [6.45, 7) is 0. The molecule has 1 nitrogen and oxygen atoms in total. The van der Waals surface area contributed by atoms with Crippen molar-refractivity contribution in [2.24, 2.45) is 0 Å². The Labute approximate surface area is 24.6 Å². The van der Waals surface area contributed by atoms with E-state index >= 15 is 0 Å². The van der Waals surface area contributed by atoms with Crippen molar-refractivity contribution in [3.8, 4) is 0 Å². The largest absolute Gasteiger partial charge is 0.369 e. The van der Waals surface area contributed by atoms with Crippen molar-refractivity contribution in [3.63, 3.8) is 0 Å². The first-order chi connectivity index (χ1) is 1.97. The van der Waals surface area contributed by atoms with E-state index in [2.05, 4.69) is 0 Å². The predicted octanol–water partition coefficient (Wildman–Crippen LogP) is 0.157. The van der Waals surface area contributed by atoms with Gasteiger partial charge >= 0.3 is 0 Å². The summed E-state index contributed by atoms with van der Waals surface area (Å²) in [5.74, 6) is 0. The normalized spacial score (nSPS) is 66.0. The van der Waals surface area contributed by atoms with E-state index < -0.39 is 0 Å². The van der Waals surface area contributed by atoms with E-state index in [1.165, 1.54) is 6.42 Å².